The van der Waals surface area contributed by atoms with E-state index in [1.54, 1.807) is 49.4 Å². The van der Waals surface area contributed by atoms with Crippen molar-refractivity contribution in [1.29, 1.82) is 0 Å². The SMILES string of the molecule is C[C@H](NC(=O)CN(c1ccccc1)S(=O)(=O)c1ccc(Cl)cc1)c1ccc(F)cc1. The van der Waals surface area contributed by atoms with Gasteiger partial charge in [-0.2, -0.15) is 0 Å². The maximum atomic E-state index is 13.2. The van der Waals surface area contributed by atoms with Gasteiger partial charge in [0.15, 0.2) is 0 Å². The number of nitrogens with one attached hydrogen (secondary N) is 1. The highest BCUT2D eigenvalue weighted by Gasteiger charge is 2.27. The molecule has 0 unspecified atom stereocenters. The largest absolute Gasteiger partial charge is 0.348 e. The number of carbonyl (C=O) groups is 1. The normalized spacial score (nSPS) is 12.2. The van der Waals surface area contributed by atoms with Gasteiger partial charge in [0.05, 0.1) is 16.6 Å². The van der Waals surface area contributed by atoms with Gasteiger partial charge in [0.1, 0.15) is 12.4 Å². The van der Waals surface area contributed by atoms with E-state index in [-0.39, 0.29) is 10.7 Å². The smallest absolute Gasteiger partial charge is 0.264 e. The fourth-order valence-electron chi connectivity index (χ4n) is 2.90. The number of carbonyl (C=O) groups excluding carboxylic acids is 1. The van der Waals surface area contributed by atoms with Crippen LogP contribution in [-0.2, 0) is 14.8 Å². The Morgan fingerprint density at radius 1 is 1.00 bits per heavy atom. The van der Waals surface area contributed by atoms with Gasteiger partial charge in [-0.1, -0.05) is 41.9 Å². The molecular formula is C22H20ClFN2O3S. The van der Waals surface area contributed by atoms with Crippen molar-refractivity contribution in [3.05, 3.63) is 95.3 Å². The molecular weight excluding hydrogens is 427 g/mol. The van der Waals surface area contributed by atoms with E-state index in [0.717, 1.165) is 4.31 Å². The van der Waals surface area contributed by atoms with E-state index in [0.29, 0.717) is 16.3 Å². The van der Waals surface area contributed by atoms with Crippen LogP contribution >= 0.6 is 11.6 Å². The lowest BCUT2D eigenvalue weighted by molar-refractivity contribution is -0.120. The molecule has 0 aliphatic rings. The Labute approximate surface area is 180 Å². The fourth-order valence-corrected chi connectivity index (χ4v) is 4.44. The number of nitrogens with zero attached hydrogens (tertiary/aromatic N) is 1. The van der Waals surface area contributed by atoms with Crippen LogP contribution in [0.4, 0.5) is 10.1 Å². The summed E-state index contributed by atoms with van der Waals surface area (Å²) in [7, 11) is -4.01. The van der Waals surface area contributed by atoms with Crippen LogP contribution in [0.1, 0.15) is 18.5 Å². The fraction of sp³-hybridized carbons (Fsp3) is 0.136. The first-order chi connectivity index (χ1) is 14.3. The molecule has 0 saturated carbocycles. The molecule has 0 aliphatic heterocycles. The quantitative estimate of drug-likeness (QED) is 0.579. The first-order valence-electron chi connectivity index (χ1n) is 9.15. The van der Waals surface area contributed by atoms with Crippen molar-refractivity contribution < 1.29 is 17.6 Å². The highest BCUT2D eigenvalue weighted by atomic mass is 35.5. The monoisotopic (exact) mass is 446 g/mol. The predicted molar refractivity (Wildman–Crippen MR) is 115 cm³/mol. The molecule has 0 spiro atoms. The number of hydrogen-bond acceptors (Lipinski definition) is 3. The maximum Gasteiger partial charge on any atom is 0.264 e. The summed E-state index contributed by atoms with van der Waals surface area (Å²) < 4.78 is 40.6. The van der Waals surface area contributed by atoms with Gasteiger partial charge in [-0.15, -0.1) is 0 Å². The van der Waals surface area contributed by atoms with Crippen LogP contribution in [0.25, 0.3) is 0 Å². The third kappa shape index (κ3) is 5.17. The average molecular weight is 447 g/mol. The van der Waals surface area contributed by atoms with Crippen LogP contribution in [0.3, 0.4) is 0 Å². The molecule has 30 heavy (non-hydrogen) atoms. The van der Waals surface area contributed by atoms with E-state index in [4.69, 9.17) is 11.6 Å². The van der Waals surface area contributed by atoms with Crippen molar-refractivity contribution in [3.8, 4) is 0 Å². The Balaban J connectivity index is 1.85. The average Bonchev–Trinajstić information content (AvgIpc) is 2.73. The van der Waals surface area contributed by atoms with Crippen molar-refractivity contribution in [1.82, 2.24) is 5.32 Å². The van der Waals surface area contributed by atoms with Gasteiger partial charge in [-0.25, -0.2) is 12.8 Å². The predicted octanol–water partition coefficient (Wildman–Crippen LogP) is 4.55. The lowest BCUT2D eigenvalue weighted by Crippen LogP contribution is -2.41. The standard InChI is InChI=1S/C22H20ClFN2O3S/c1-16(17-7-11-19(24)12-8-17)25-22(27)15-26(20-5-3-2-4-6-20)30(28,29)21-13-9-18(23)10-14-21/h2-14,16H,15H2,1H3,(H,25,27)/t16-/m0/s1. The molecule has 0 heterocycles. The van der Waals surface area contributed by atoms with Gasteiger partial charge >= 0.3 is 0 Å². The van der Waals surface area contributed by atoms with Crippen molar-refractivity contribution in [2.75, 3.05) is 10.8 Å². The number of anilines is 1. The summed E-state index contributed by atoms with van der Waals surface area (Å²) in [6.45, 7) is 1.33. The van der Waals surface area contributed by atoms with Crippen LogP contribution in [0.2, 0.25) is 5.02 Å². The lowest BCUT2D eigenvalue weighted by atomic mass is 10.1. The summed E-state index contributed by atoms with van der Waals surface area (Å²) in [5.74, 6) is -0.866. The Morgan fingerprint density at radius 2 is 1.60 bits per heavy atom. The number of sulfonamides is 1. The first kappa shape index (κ1) is 21.8. The molecule has 1 atom stereocenters. The highest BCUT2D eigenvalue weighted by molar-refractivity contribution is 7.92. The molecule has 0 aliphatic carbocycles. The zero-order valence-electron chi connectivity index (χ0n) is 16.1. The molecule has 156 valence electrons. The molecule has 0 bridgehead atoms. The number of benzene rings is 3. The van der Waals surface area contributed by atoms with E-state index in [2.05, 4.69) is 5.32 Å². The first-order valence-corrected chi connectivity index (χ1v) is 11.0. The molecule has 0 fully saturated rings. The van der Waals surface area contributed by atoms with E-state index in [1.807, 2.05) is 0 Å². The number of halogens is 2. The molecule has 5 nitrogen and oxygen atoms in total. The summed E-state index contributed by atoms with van der Waals surface area (Å²) in [5, 5.41) is 3.17. The summed E-state index contributed by atoms with van der Waals surface area (Å²) in [6.07, 6.45) is 0. The minimum atomic E-state index is -4.01. The second-order valence-corrected chi connectivity index (χ2v) is 8.94. The molecule has 3 aromatic rings. The van der Waals surface area contributed by atoms with E-state index in [1.165, 1.54) is 36.4 Å². The van der Waals surface area contributed by atoms with Gasteiger partial charge in [0.25, 0.3) is 10.0 Å². The van der Waals surface area contributed by atoms with Gasteiger partial charge in [0, 0.05) is 5.02 Å². The zero-order valence-corrected chi connectivity index (χ0v) is 17.7. The summed E-state index contributed by atoms with van der Waals surface area (Å²) in [5.41, 5.74) is 1.06. The number of para-hydroxylation sites is 1. The highest BCUT2D eigenvalue weighted by Crippen LogP contribution is 2.24. The summed E-state index contributed by atoms with van der Waals surface area (Å²) in [4.78, 5) is 12.7. The summed E-state index contributed by atoms with van der Waals surface area (Å²) >= 11 is 5.87. The van der Waals surface area contributed by atoms with Gasteiger partial charge in [0.2, 0.25) is 5.91 Å². The van der Waals surface area contributed by atoms with Crippen LogP contribution in [0.5, 0.6) is 0 Å². The number of rotatable bonds is 7. The summed E-state index contributed by atoms with van der Waals surface area (Å²) in [6, 6.07) is 19.5. The Bertz CT molecular complexity index is 1110. The van der Waals surface area contributed by atoms with Crippen molar-refractivity contribution >= 4 is 33.2 Å². The second kappa shape index (κ2) is 9.28. The Hall–Kier alpha value is -2.90. The Kier molecular flexibility index (Phi) is 6.74. The van der Waals surface area contributed by atoms with Gasteiger partial charge < -0.3 is 5.32 Å². The van der Waals surface area contributed by atoms with Crippen LogP contribution in [0, 0.1) is 5.82 Å². The zero-order chi connectivity index (χ0) is 21.7. The number of amides is 1. The molecule has 8 heteroatoms. The van der Waals surface area contributed by atoms with Crippen LogP contribution in [0.15, 0.2) is 83.8 Å². The second-order valence-electron chi connectivity index (χ2n) is 6.64. The lowest BCUT2D eigenvalue weighted by Gasteiger charge is -2.25. The minimum Gasteiger partial charge on any atom is -0.348 e. The molecule has 0 radical (unpaired) electrons. The minimum absolute atomic E-state index is 0.0233. The third-order valence-corrected chi connectivity index (χ3v) is 6.52. The van der Waals surface area contributed by atoms with Crippen molar-refractivity contribution in [3.63, 3.8) is 0 Å². The van der Waals surface area contributed by atoms with E-state index in [9.17, 15) is 17.6 Å². The Morgan fingerprint density at radius 3 is 2.20 bits per heavy atom. The van der Waals surface area contributed by atoms with Crippen LogP contribution < -0.4 is 9.62 Å². The molecule has 1 N–H and O–H groups in total. The number of hydrogen-bond donors (Lipinski definition) is 1. The molecule has 0 saturated heterocycles. The van der Waals surface area contributed by atoms with Crippen molar-refractivity contribution in [2.45, 2.75) is 17.9 Å². The van der Waals surface area contributed by atoms with Gasteiger partial charge in [-0.05, 0) is 61.0 Å². The molecule has 0 aromatic heterocycles. The molecule has 1 amide bonds. The van der Waals surface area contributed by atoms with Crippen LogP contribution in [-0.4, -0.2) is 20.9 Å². The maximum absolute atomic E-state index is 13.2. The molecule has 3 rings (SSSR count). The van der Waals surface area contributed by atoms with E-state index >= 15 is 0 Å². The molecule has 3 aromatic carbocycles. The van der Waals surface area contributed by atoms with Gasteiger partial charge in [-0.3, -0.25) is 9.10 Å². The topological polar surface area (TPSA) is 66.5 Å². The third-order valence-electron chi connectivity index (χ3n) is 4.48. The van der Waals surface area contributed by atoms with E-state index < -0.39 is 28.5 Å². The van der Waals surface area contributed by atoms with Crippen molar-refractivity contribution in [2.24, 2.45) is 0 Å².